The predicted molar refractivity (Wildman–Crippen MR) is 95.1 cm³/mol. The third-order valence-corrected chi connectivity index (χ3v) is 4.64. The van der Waals surface area contributed by atoms with Crippen molar-refractivity contribution < 1.29 is 4.79 Å². The number of nitrogens with zero attached hydrogens (tertiary/aromatic N) is 1. The number of H-pyrrole nitrogens is 1. The molecule has 0 spiro atoms. The van der Waals surface area contributed by atoms with Gasteiger partial charge in [-0.05, 0) is 31.9 Å². The number of hydrogen-bond donors (Lipinski definition) is 2. The molecule has 0 saturated carbocycles. The summed E-state index contributed by atoms with van der Waals surface area (Å²) in [6.45, 7) is 6.23. The maximum atomic E-state index is 11.7. The molecule has 0 radical (unpaired) electrons. The highest BCUT2D eigenvalue weighted by Crippen LogP contribution is 2.30. The Bertz CT molecular complexity index is 833. The molecule has 3 rings (SSSR count). The molecule has 4 nitrogen and oxygen atoms in total. The normalized spacial score (nSPS) is 10.7. The average molecular weight is 325 g/mol. The van der Waals surface area contributed by atoms with Crippen LogP contribution in [0.1, 0.15) is 34.1 Å². The first-order chi connectivity index (χ1) is 11.1. The van der Waals surface area contributed by atoms with Gasteiger partial charge in [-0.1, -0.05) is 30.3 Å². The van der Waals surface area contributed by atoms with Gasteiger partial charge < -0.3 is 10.3 Å². The third-order valence-electron chi connectivity index (χ3n) is 3.84. The van der Waals surface area contributed by atoms with Crippen molar-refractivity contribution in [1.29, 1.82) is 0 Å². The van der Waals surface area contributed by atoms with Crippen LogP contribution in [0, 0.1) is 13.8 Å². The average Bonchev–Trinajstić information content (AvgIpc) is 3.10. The molecular weight excluding hydrogens is 306 g/mol. The molecule has 118 valence electrons. The van der Waals surface area contributed by atoms with Gasteiger partial charge in [0, 0.05) is 23.2 Å². The van der Waals surface area contributed by atoms with Crippen molar-refractivity contribution in [1.82, 2.24) is 9.97 Å². The van der Waals surface area contributed by atoms with E-state index in [4.69, 9.17) is 0 Å². The van der Waals surface area contributed by atoms with Crippen LogP contribution >= 0.6 is 11.3 Å². The highest BCUT2D eigenvalue weighted by molar-refractivity contribution is 7.14. The molecule has 0 unspecified atom stereocenters. The molecule has 0 fully saturated rings. The number of nitrogens with one attached hydrogen (secondary N) is 2. The van der Waals surface area contributed by atoms with E-state index in [2.05, 4.69) is 27.4 Å². The van der Waals surface area contributed by atoms with E-state index in [1.165, 1.54) is 5.56 Å². The van der Waals surface area contributed by atoms with Gasteiger partial charge in [0.15, 0.2) is 10.9 Å². The monoisotopic (exact) mass is 325 g/mol. The molecule has 0 bridgehead atoms. The van der Waals surface area contributed by atoms with Gasteiger partial charge in [0.25, 0.3) is 0 Å². The summed E-state index contributed by atoms with van der Waals surface area (Å²) < 4.78 is 0. The number of rotatable bonds is 5. The maximum absolute atomic E-state index is 11.7. The van der Waals surface area contributed by atoms with Crippen molar-refractivity contribution in [3.8, 4) is 11.4 Å². The number of aryl methyl sites for hydroxylation is 1. The Kier molecular flexibility index (Phi) is 4.30. The van der Waals surface area contributed by atoms with E-state index in [1.54, 1.807) is 18.3 Å². The fraction of sp³-hybridized carbons (Fsp3) is 0.222. The number of aromatic nitrogens is 2. The zero-order valence-corrected chi connectivity index (χ0v) is 14.3. The number of benzene rings is 1. The minimum atomic E-state index is 0.0835. The lowest BCUT2D eigenvalue weighted by atomic mass is 10.1. The quantitative estimate of drug-likeness (QED) is 0.676. The number of carbonyl (C=O) groups excluding carboxylic acids is 1. The molecule has 2 N–H and O–H groups in total. The van der Waals surface area contributed by atoms with Gasteiger partial charge in [-0.3, -0.25) is 4.79 Å². The topological polar surface area (TPSA) is 57.8 Å². The van der Waals surface area contributed by atoms with Crippen molar-refractivity contribution in [2.45, 2.75) is 27.3 Å². The van der Waals surface area contributed by atoms with E-state index in [0.29, 0.717) is 0 Å². The summed E-state index contributed by atoms with van der Waals surface area (Å²) in [5.74, 6) is 0.0835. The van der Waals surface area contributed by atoms with Crippen LogP contribution < -0.4 is 5.32 Å². The standard InChI is InChI=1S/C18H19N3OS/c1-11-16(13(3)22)12(2)20-17(11)15-10-23-18(21-15)19-9-14-7-5-4-6-8-14/h4-8,10,20H,9H2,1-3H3,(H,19,21). The Balaban J connectivity index is 1.80. The van der Waals surface area contributed by atoms with Gasteiger partial charge in [0.2, 0.25) is 0 Å². The molecular formula is C18H19N3OS. The lowest BCUT2D eigenvalue weighted by molar-refractivity contribution is 0.101. The fourth-order valence-corrected chi connectivity index (χ4v) is 3.48. The van der Waals surface area contributed by atoms with Crippen molar-refractivity contribution in [3.63, 3.8) is 0 Å². The van der Waals surface area contributed by atoms with Crippen LogP contribution in [0.15, 0.2) is 35.7 Å². The summed E-state index contributed by atoms with van der Waals surface area (Å²) in [6.07, 6.45) is 0. The first kappa shape index (κ1) is 15.5. The van der Waals surface area contributed by atoms with Crippen LogP contribution in [0.25, 0.3) is 11.4 Å². The summed E-state index contributed by atoms with van der Waals surface area (Å²) >= 11 is 1.57. The predicted octanol–water partition coefficient (Wildman–Crippen LogP) is 4.57. The number of ketones is 1. The second-order valence-electron chi connectivity index (χ2n) is 5.56. The van der Waals surface area contributed by atoms with Crippen LogP contribution in [0.5, 0.6) is 0 Å². The molecule has 23 heavy (non-hydrogen) atoms. The molecule has 0 saturated heterocycles. The first-order valence-corrected chi connectivity index (χ1v) is 8.38. The van der Waals surface area contributed by atoms with Crippen molar-refractivity contribution in [2.24, 2.45) is 0 Å². The van der Waals surface area contributed by atoms with E-state index in [0.717, 1.165) is 39.9 Å². The minimum absolute atomic E-state index is 0.0835. The molecule has 2 aromatic heterocycles. The summed E-state index contributed by atoms with van der Waals surface area (Å²) in [5, 5.41) is 6.23. The van der Waals surface area contributed by atoms with Gasteiger partial charge >= 0.3 is 0 Å². The number of hydrogen-bond acceptors (Lipinski definition) is 4. The zero-order chi connectivity index (χ0) is 16.4. The van der Waals surface area contributed by atoms with Crippen molar-refractivity contribution in [3.05, 3.63) is 58.1 Å². The Hall–Kier alpha value is -2.40. The van der Waals surface area contributed by atoms with Gasteiger partial charge in [0.1, 0.15) is 5.69 Å². The number of thiazole rings is 1. The van der Waals surface area contributed by atoms with Crippen LogP contribution in [0.4, 0.5) is 5.13 Å². The number of anilines is 1. The lowest BCUT2D eigenvalue weighted by Crippen LogP contribution is -1.98. The van der Waals surface area contributed by atoms with Gasteiger partial charge in [-0.15, -0.1) is 11.3 Å². The molecule has 0 aliphatic heterocycles. The largest absolute Gasteiger partial charge is 0.357 e. The SMILES string of the molecule is CC(=O)c1c(C)[nH]c(-c2csc(NCc3ccccc3)n2)c1C. The Morgan fingerprint density at radius 1 is 1.26 bits per heavy atom. The first-order valence-electron chi connectivity index (χ1n) is 7.50. The minimum Gasteiger partial charge on any atom is -0.357 e. The number of aromatic amines is 1. The van der Waals surface area contributed by atoms with Crippen molar-refractivity contribution in [2.75, 3.05) is 5.32 Å². The Morgan fingerprint density at radius 2 is 2.00 bits per heavy atom. The second-order valence-corrected chi connectivity index (χ2v) is 6.42. The van der Waals surface area contributed by atoms with Crippen LogP contribution in [0.2, 0.25) is 0 Å². The molecule has 1 aromatic carbocycles. The molecule has 0 aliphatic carbocycles. The lowest BCUT2D eigenvalue weighted by Gasteiger charge is -2.02. The third kappa shape index (κ3) is 3.19. The Labute approximate surface area is 139 Å². The van der Waals surface area contributed by atoms with E-state index in [9.17, 15) is 4.79 Å². The highest BCUT2D eigenvalue weighted by Gasteiger charge is 2.17. The van der Waals surface area contributed by atoms with Crippen LogP contribution in [-0.2, 0) is 6.54 Å². The van der Waals surface area contributed by atoms with E-state index in [1.807, 2.05) is 37.4 Å². The van der Waals surface area contributed by atoms with E-state index < -0.39 is 0 Å². The summed E-state index contributed by atoms with van der Waals surface area (Å²) in [5.41, 5.74) is 5.66. The van der Waals surface area contributed by atoms with Crippen LogP contribution in [-0.4, -0.2) is 15.8 Å². The van der Waals surface area contributed by atoms with E-state index >= 15 is 0 Å². The highest BCUT2D eigenvalue weighted by atomic mass is 32.1. The Morgan fingerprint density at radius 3 is 2.65 bits per heavy atom. The second kappa shape index (κ2) is 6.38. The zero-order valence-electron chi connectivity index (χ0n) is 13.4. The van der Waals surface area contributed by atoms with E-state index in [-0.39, 0.29) is 5.78 Å². The molecule has 2 heterocycles. The summed E-state index contributed by atoms with van der Waals surface area (Å²) in [4.78, 5) is 19.7. The summed E-state index contributed by atoms with van der Waals surface area (Å²) in [7, 11) is 0. The molecule has 0 amide bonds. The molecule has 0 atom stereocenters. The summed E-state index contributed by atoms with van der Waals surface area (Å²) in [6, 6.07) is 10.2. The molecule has 0 aliphatic rings. The smallest absolute Gasteiger partial charge is 0.183 e. The molecule has 3 aromatic rings. The van der Waals surface area contributed by atoms with Gasteiger partial charge in [-0.2, -0.15) is 0 Å². The van der Waals surface area contributed by atoms with Crippen molar-refractivity contribution >= 4 is 22.3 Å². The van der Waals surface area contributed by atoms with Gasteiger partial charge in [0.05, 0.1) is 5.69 Å². The maximum Gasteiger partial charge on any atom is 0.183 e. The van der Waals surface area contributed by atoms with Crippen LogP contribution in [0.3, 0.4) is 0 Å². The fourth-order valence-electron chi connectivity index (χ4n) is 2.78. The molecule has 5 heteroatoms. The van der Waals surface area contributed by atoms with Gasteiger partial charge in [-0.25, -0.2) is 4.98 Å². The number of Topliss-reactive ketones (excluding diaryl/α,β-unsaturated/α-hetero) is 1. The number of carbonyl (C=O) groups is 1.